The second-order valence-electron chi connectivity index (χ2n) is 8.49. The lowest BCUT2D eigenvalue weighted by Gasteiger charge is -2.33. The maximum atomic E-state index is 13.8. The Morgan fingerprint density at radius 1 is 1.03 bits per heavy atom. The van der Waals surface area contributed by atoms with E-state index in [1.165, 1.54) is 0 Å². The van der Waals surface area contributed by atoms with Crippen LogP contribution in [-0.4, -0.2) is 48.8 Å². The van der Waals surface area contributed by atoms with Gasteiger partial charge >= 0.3 is 0 Å². The van der Waals surface area contributed by atoms with Crippen LogP contribution in [-0.2, 0) is 19.1 Å². The van der Waals surface area contributed by atoms with Gasteiger partial charge in [0.25, 0.3) is 0 Å². The highest BCUT2D eigenvalue weighted by atomic mass is 32.1. The van der Waals surface area contributed by atoms with Gasteiger partial charge in [-0.2, -0.15) is 0 Å². The van der Waals surface area contributed by atoms with Gasteiger partial charge in [-0.25, -0.2) is 0 Å². The number of morpholine rings is 1. The molecule has 2 aliphatic heterocycles. The van der Waals surface area contributed by atoms with E-state index in [0.717, 1.165) is 34.8 Å². The first-order valence-corrected chi connectivity index (χ1v) is 12.3. The molecule has 8 heteroatoms. The highest BCUT2D eigenvalue weighted by molar-refractivity contribution is 7.10. The average Bonchev–Trinajstić information content (AvgIpc) is 3.32. The summed E-state index contributed by atoms with van der Waals surface area (Å²) in [5.74, 6) is -0.109. The predicted molar refractivity (Wildman–Crippen MR) is 127 cm³/mol. The first kappa shape index (κ1) is 21.9. The van der Waals surface area contributed by atoms with Crippen molar-refractivity contribution in [1.82, 2.24) is 4.90 Å². The lowest BCUT2D eigenvalue weighted by atomic mass is 9.88. The number of benzene rings is 1. The molecular formula is C25H27N3O4S. The molecule has 2 aromatic rings. The number of carbonyl (C=O) groups excluding carboxylic acids is 3. The maximum absolute atomic E-state index is 13.8. The number of fused-ring (bicyclic) bond motifs is 1. The summed E-state index contributed by atoms with van der Waals surface area (Å²) in [5, 5.41) is 5.44. The van der Waals surface area contributed by atoms with E-state index in [9.17, 15) is 14.4 Å². The van der Waals surface area contributed by atoms with Gasteiger partial charge in [-0.1, -0.05) is 18.2 Å². The number of rotatable bonds is 4. The zero-order valence-electron chi connectivity index (χ0n) is 18.4. The Labute approximate surface area is 197 Å². The maximum Gasteiger partial charge on any atom is 0.228 e. The Balaban J connectivity index is 1.51. The quantitative estimate of drug-likeness (QED) is 0.741. The molecule has 1 atom stereocenters. The van der Waals surface area contributed by atoms with Crippen molar-refractivity contribution in [2.24, 2.45) is 0 Å². The Bertz CT molecular complexity index is 1090. The number of amides is 2. The van der Waals surface area contributed by atoms with Crippen molar-refractivity contribution in [3.63, 3.8) is 0 Å². The number of carbonyl (C=O) groups is 3. The number of nitrogens with one attached hydrogen (secondary N) is 1. The van der Waals surface area contributed by atoms with Crippen molar-refractivity contribution >= 4 is 40.3 Å². The van der Waals surface area contributed by atoms with Crippen LogP contribution < -0.4 is 10.2 Å². The molecule has 5 rings (SSSR count). The molecule has 7 nitrogen and oxygen atoms in total. The van der Waals surface area contributed by atoms with E-state index in [2.05, 4.69) is 5.32 Å². The minimum absolute atomic E-state index is 0.0331. The molecule has 1 N–H and O–H groups in total. The largest absolute Gasteiger partial charge is 0.378 e. The molecule has 172 valence electrons. The van der Waals surface area contributed by atoms with Crippen molar-refractivity contribution in [2.75, 3.05) is 36.5 Å². The summed E-state index contributed by atoms with van der Waals surface area (Å²) in [5.41, 5.74) is 3.12. The summed E-state index contributed by atoms with van der Waals surface area (Å²) in [7, 11) is 0. The number of para-hydroxylation sites is 2. The van der Waals surface area contributed by atoms with E-state index in [1.54, 1.807) is 21.1 Å². The van der Waals surface area contributed by atoms with Crippen LogP contribution in [0.1, 0.15) is 43.0 Å². The molecule has 1 aromatic heterocycles. The summed E-state index contributed by atoms with van der Waals surface area (Å²) in [6.07, 6.45) is 2.28. The number of hydrogen-bond acceptors (Lipinski definition) is 6. The number of allylic oxidation sites excluding steroid dienone is 1. The van der Waals surface area contributed by atoms with Gasteiger partial charge in [-0.05, 0) is 36.4 Å². The topological polar surface area (TPSA) is 79.0 Å². The zero-order valence-corrected chi connectivity index (χ0v) is 19.2. The number of ether oxygens (including phenoxy) is 1. The number of Topliss-reactive ketones (excluding diaryl/α,β-unsaturated/α-hetero) is 1. The SMILES string of the molecule is O=C1CCCC2=C1C(c1cccs1)N(C(=O)CCC(=O)N1CCOCC1)c1ccccc1N2. The molecule has 0 saturated carbocycles. The smallest absolute Gasteiger partial charge is 0.228 e. The molecule has 0 radical (unpaired) electrons. The van der Waals surface area contributed by atoms with E-state index < -0.39 is 6.04 Å². The van der Waals surface area contributed by atoms with Crippen LogP contribution in [0.2, 0.25) is 0 Å². The minimum atomic E-state index is -0.491. The van der Waals surface area contributed by atoms with Crippen LogP contribution in [0.25, 0.3) is 0 Å². The summed E-state index contributed by atoms with van der Waals surface area (Å²) in [6.45, 7) is 2.19. The van der Waals surface area contributed by atoms with Crippen LogP contribution in [0.5, 0.6) is 0 Å². The molecular weight excluding hydrogens is 438 g/mol. The number of nitrogens with zero attached hydrogens (tertiary/aromatic N) is 2. The molecule has 1 aromatic carbocycles. The van der Waals surface area contributed by atoms with E-state index >= 15 is 0 Å². The Kier molecular flexibility index (Phi) is 6.28. The first-order chi connectivity index (χ1) is 16.1. The third kappa shape index (κ3) is 4.32. The van der Waals surface area contributed by atoms with E-state index in [-0.39, 0.29) is 30.4 Å². The molecule has 1 saturated heterocycles. The second kappa shape index (κ2) is 9.49. The third-order valence-electron chi connectivity index (χ3n) is 6.43. The fourth-order valence-electron chi connectivity index (χ4n) is 4.83. The fourth-order valence-corrected chi connectivity index (χ4v) is 5.65. The normalized spacial score (nSPS) is 20.6. The van der Waals surface area contributed by atoms with Gasteiger partial charge < -0.3 is 15.0 Å². The standard InChI is InChI=1S/C25H27N3O4S/c29-20-8-3-6-18-24(20)25(21-9-4-16-33-21)28(19-7-2-1-5-17(19)26-18)23(31)11-10-22(30)27-12-14-32-15-13-27/h1-2,4-5,7,9,16,25-26H,3,6,8,10-15H2. The van der Waals surface area contributed by atoms with E-state index in [1.807, 2.05) is 41.8 Å². The van der Waals surface area contributed by atoms with E-state index in [4.69, 9.17) is 4.74 Å². The molecule has 3 heterocycles. The highest BCUT2D eigenvalue weighted by Crippen LogP contribution is 2.46. The van der Waals surface area contributed by atoms with Gasteiger partial charge in [0, 0.05) is 48.5 Å². The monoisotopic (exact) mass is 465 g/mol. The lowest BCUT2D eigenvalue weighted by molar-refractivity contribution is -0.136. The molecule has 0 spiro atoms. The van der Waals surface area contributed by atoms with Crippen molar-refractivity contribution in [2.45, 2.75) is 38.1 Å². The molecule has 1 fully saturated rings. The molecule has 0 bridgehead atoms. The molecule has 33 heavy (non-hydrogen) atoms. The number of anilines is 2. The number of hydrogen-bond donors (Lipinski definition) is 1. The average molecular weight is 466 g/mol. The summed E-state index contributed by atoms with van der Waals surface area (Å²) < 4.78 is 5.33. The van der Waals surface area contributed by atoms with Gasteiger partial charge in [0.2, 0.25) is 11.8 Å². The van der Waals surface area contributed by atoms with Crippen molar-refractivity contribution in [3.8, 4) is 0 Å². The highest BCUT2D eigenvalue weighted by Gasteiger charge is 2.39. The van der Waals surface area contributed by atoms with Crippen LogP contribution in [0.4, 0.5) is 11.4 Å². The molecule has 1 aliphatic carbocycles. The molecule has 2 amide bonds. The van der Waals surface area contributed by atoms with Gasteiger partial charge in [-0.15, -0.1) is 11.3 Å². The third-order valence-corrected chi connectivity index (χ3v) is 7.36. The molecule has 3 aliphatic rings. The predicted octanol–water partition coefficient (Wildman–Crippen LogP) is 3.89. The van der Waals surface area contributed by atoms with Crippen molar-refractivity contribution in [3.05, 3.63) is 57.9 Å². The van der Waals surface area contributed by atoms with E-state index in [0.29, 0.717) is 38.3 Å². The second-order valence-corrected chi connectivity index (χ2v) is 9.47. The lowest BCUT2D eigenvalue weighted by Crippen LogP contribution is -2.42. The van der Waals surface area contributed by atoms with Crippen LogP contribution >= 0.6 is 11.3 Å². The number of ketones is 1. The van der Waals surface area contributed by atoms with Gasteiger partial charge in [0.15, 0.2) is 5.78 Å². The first-order valence-electron chi connectivity index (χ1n) is 11.5. The summed E-state index contributed by atoms with van der Waals surface area (Å²) in [4.78, 5) is 44.1. The minimum Gasteiger partial charge on any atom is -0.378 e. The van der Waals surface area contributed by atoms with Crippen LogP contribution in [0.3, 0.4) is 0 Å². The Morgan fingerprint density at radius 3 is 2.61 bits per heavy atom. The van der Waals surface area contributed by atoms with Crippen molar-refractivity contribution < 1.29 is 19.1 Å². The summed E-state index contributed by atoms with van der Waals surface area (Å²) >= 11 is 1.54. The fraction of sp³-hybridized carbons (Fsp3) is 0.400. The van der Waals surface area contributed by atoms with Gasteiger partial charge in [0.1, 0.15) is 6.04 Å². The molecule has 1 unspecified atom stereocenters. The Hall–Kier alpha value is -2.97. The Morgan fingerprint density at radius 2 is 1.82 bits per heavy atom. The van der Waals surface area contributed by atoms with Gasteiger partial charge in [-0.3, -0.25) is 19.3 Å². The van der Waals surface area contributed by atoms with Crippen LogP contribution in [0, 0.1) is 0 Å². The van der Waals surface area contributed by atoms with Crippen LogP contribution in [0.15, 0.2) is 53.0 Å². The van der Waals surface area contributed by atoms with Crippen molar-refractivity contribution in [1.29, 1.82) is 0 Å². The zero-order chi connectivity index (χ0) is 22.8. The summed E-state index contributed by atoms with van der Waals surface area (Å²) in [6, 6.07) is 11.1. The van der Waals surface area contributed by atoms with Gasteiger partial charge in [0.05, 0.1) is 24.6 Å². The number of thiophene rings is 1.